The summed E-state index contributed by atoms with van der Waals surface area (Å²) in [5.41, 5.74) is 3.86. The van der Waals surface area contributed by atoms with E-state index in [1.807, 2.05) is 0 Å². The molecule has 5 rings (SSSR count). The lowest BCUT2D eigenvalue weighted by molar-refractivity contribution is 0.0598. The molecule has 4 aliphatic rings. The number of epoxide rings is 1. The Balaban J connectivity index is 1.39. The van der Waals surface area contributed by atoms with Gasteiger partial charge in [-0.15, -0.1) is 0 Å². The first kappa shape index (κ1) is 14.3. The smallest absolute Gasteiger partial charge is 0.119 e. The van der Waals surface area contributed by atoms with E-state index in [2.05, 4.69) is 25.1 Å². The average molecular weight is 312 g/mol. The molecular weight excluding hydrogens is 284 g/mol. The van der Waals surface area contributed by atoms with Gasteiger partial charge in [0.1, 0.15) is 18.5 Å². The van der Waals surface area contributed by atoms with Gasteiger partial charge in [-0.3, -0.25) is 0 Å². The molecule has 5 atom stereocenters. The molecule has 0 amide bonds. The number of hydrogen-bond donors (Lipinski definition) is 0. The van der Waals surface area contributed by atoms with Crippen LogP contribution in [0.4, 0.5) is 0 Å². The summed E-state index contributed by atoms with van der Waals surface area (Å²) in [7, 11) is 0. The second kappa shape index (κ2) is 5.24. The Hall–Kier alpha value is -1.02. The molecule has 1 saturated heterocycles. The zero-order valence-corrected chi connectivity index (χ0v) is 14.2. The molecule has 0 bridgehead atoms. The van der Waals surface area contributed by atoms with Crippen molar-refractivity contribution >= 4 is 0 Å². The third kappa shape index (κ3) is 2.41. The van der Waals surface area contributed by atoms with Gasteiger partial charge in [0.15, 0.2) is 0 Å². The highest BCUT2D eigenvalue weighted by Gasteiger charge is 2.50. The Bertz CT molecular complexity index is 606. The minimum Gasteiger partial charge on any atom is -0.491 e. The second-order valence-electron chi connectivity index (χ2n) is 8.63. The van der Waals surface area contributed by atoms with Gasteiger partial charge in [0.05, 0.1) is 6.61 Å². The zero-order chi connectivity index (χ0) is 15.4. The van der Waals surface area contributed by atoms with E-state index in [1.165, 1.54) is 44.9 Å². The van der Waals surface area contributed by atoms with Gasteiger partial charge >= 0.3 is 0 Å². The van der Waals surface area contributed by atoms with Gasteiger partial charge in [0, 0.05) is 0 Å². The maximum Gasteiger partial charge on any atom is 0.119 e. The SMILES string of the molecule is C[C@@]12CCC[C@H]1[C@@H]1CCc3cc(OCC4CO4)ccc3[C@H]1CC2. The summed E-state index contributed by atoms with van der Waals surface area (Å²) in [4.78, 5) is 0. The van der Waals surface area contributed by atoms with Gasteiger partial charge in [0.2, 0.25) is 0 Å². The van der Waals surface area contributed by atoms with Crippen molar-refractivity contribution in [2.24, 2.45) is 17.3 Å². The van der Waals surface area contributed by atoms with Crippen molar-refractivity contribution < 1.29 is 9.47 Å². The molecule has 0 spiro atoms. The van der Waals surface area contributed by atoms with Crippen LogP contribution in [0.1, 0.15) is 62.5 Å². The van der Waals surface area contributed by atoms with Gasteiger partial charge < -0.3 is 9.47 Å². The van der Waals surface area contributed by atoms with Crippen LogP contribution in [-0.2, 0) is 11.2 Å². The molecule has 0 aromatic heterocycles. The van der Waals surface area contributed by atoms with Crippen molar-refractivity contribution in [2.75, 3.05) is 13.2 Å². The van der Waals surface area contributed by atoms with Crippen LogP contribution < -0.4 is 4.74 Å². The van der Waals surface area contributed by atoms with Crippen LogP contribution >= 0.6 is 0 Å². The van der Waals surface area contributed by atoms with Crippen LogP contribution in [-0.4, -0.2) is 19.3 Å². The Morgan fingerprint density at radius 2 is 2.13 bits per heavy atom. The summed E-state index contributed by atoms with van der Waals surface area (Å²) in [6.45, 7) is 4.16. The Labute approximate surface area is 139 Å². The number of aryl methyl sites for hydroxylation is 1. The van der Waals surface area contributed by atoms with E-state index in [4.69, 9.17) is 9.47 Å². The van der Waals surface area contributed by atoms with Gasteiger partial charge in [-0.25, -0.2) is 0 Å². The monoisotopic (exact) mass is 312 g/mol. The number of rotatable bonds is 3. The molecule has 2 nitrogen and oxygen atoms in total. The van der Waals surface area contributed by atoms with Crippen LogP contribution in [0.3, 0.4) is 0 Å². The molecule has 2 saturated carbocycles. The van der Waals surface area contributed by atoms with Gasteiger partial charge in [-0.1, -0.05) is 19.4 Å². The maximum atomic E-state index is 5.89. The molecule has 3 aliphatic carbocycles. The third-order valence-electron chi connectivity index (χ3n) is 7.32. The summed E-state index contributed by atoms with van der Waals surface area (Å²) in [5, 5.41) is 0. The first-order valence-electron chi connectivity index (χ1n) is 9.60. The fourth-order valence-electron chi connectivity index (χ4n) is 5.99. The summed E-state index contributed by atoms with van der Waals surface area (Å²) < 4.78 is 11.1. The first-order valence-corrected chi connectivity index (χ1v) is 9.60. The second-order valence-corrected chi connectivity index (χ2v) is 8.63. The van der Waals surface area contributed by atoms with Crippen LogP contribution in [0, 0.1) is 17.3 Å². The molecule has 1 aromatic carbocycles. The number of ether oxygens (including phenoxy) is 2. The van der Waals surface area contributed by atoms with Gasteiger partial charge in [-0.2, -0.15) is 0 Å². The van der Waals surface area contributed by atoms with Crippen molar-refractivity contribution in [1.29, 1.82) is 0 Å². The fraction of sp³-hybridized carbons (Fsp3) is 0.714. The standard InChI is InChI=1S/C21H28O2/c1-21-9-2-3-20(21)19-6-4-14-11-15(22-12-16-13-23-16)5-7-17(14)18(19)8-10-21/h5,7,11,16,18-20H,2-4,6,8-10,12-13H2,1H3/t16?,18-,19-,20+,21+/m1/s1. The summed E-state index contributed by atoms with van der Waals surface area (Å²) >= 11 is 0. The molecular formula is C21H28O2. The topological polar surface area (TPSA) is 21.8 Å². The molecule has 124 valence electrons. The average Bonchev–Trinajstić information content (AvgIpc) is 3.31. The third-order valence-corrected chi connectivity index (χ3v) is 7.32. The lowest BCUT2D eigenvalue weighted by Gasteiger charge is -2.49. The normalized spacial score (nSPS) is 40.9. The van der Waals surface area contributed by atoms with E-state index in [0.717, 1.165) is 30.1 Å². The lowest BCUT2D eigenvalue weighted by Crippen LogP contribution is -2.39. The summed E-state index contributed by atoms with van der Waals surface area (Å²) in [5.74, 6) is 3.78. The van der Waals surface area contributed by atoms with Crippen LogP contribution in [0.15, 0.2) is 18.2 Å². The molecule has 1 aromatic rings. The Kier molecular flexibility index (Phi) is 3.27. The zero-order valence-electron chi connectivity index (χ0n) is 14.2. The van der Waals surface area contributed by atoms with Crippen molar-refractivity contribution in [3.63, 3.8) is 0 Å². The lowest BCUT2D eigenvalue weighted by atomic mass is 9.56. The van der Waals surface area contributed by atoms with E-state index >= 15 is 0 Å². The van der Waals surface area contributed by atoms with Gasteiger partial charge in [-0.05, 0) is 85.0 Å². The predicted octanol–water partition coefficient (Wildman–Crippen LogP) is 4.71. The molecule has 1 aliphatic heterocycles. The largest absolute Gasteiger partial charge is 0.491 e. The number of benzene rings is 1. The maximum absolute atomic E-state index is 5.89. The van der Waals surface area contributed by atoms with E-state index in [9.17, 15) is 0 Å². The Morgan fingerprint density at radius 3 is 3.00 bits per heavy atom. The first-order chi connectivity index (χ1) is 11.2. The van der Waals surface area contributed by atoms with Crippen molar-refractivity contribution in [3.05, 3.63) is 29.3 Å². The van der Waals surface area contributed by atoms with E-state index in [-0.39, 0.29) is 0 Å². The highest BCUT2D eigenvalue weighted by molar-refractivity contribution is 5.40. The highest BCUT2D eigenvalue weighted by atomic mass is 16.6. The van der Waals surface area contributed by atoms with E-state index < -0.39 is 0 Å². The molecule has 3 fully saturated rings. The molecule has 2 heteroatoms. The minimum atomic E-state index is 0.341. The molecule has 23 heavy (non-hydrogen) atoms. The molecule has 0 radical (unpaired) electrons. The summed E-state index contributed by atoms with van der Waals surface area (Å²) in [6, 6.07) is 6.90. The van der Waals surface area contributed by atoms with Crippen LogP contribution in [0.2, 0.25) is 0 Å². The van der Waals surface area contributed by atoms with Crippen LogP contribution in [0.5, 0.6) is 5.75 Å². The quantitative estimate of drug-likeness (QED) is 0.754. The molecule has 1 unspecified atom stereocenters. The number of fused-ring (bicyclic) bond motifs is 5. The van der Waals surface area contributed by atoms with E-state index in [0.29, 0.717) is 18.1 Å². The van der Waals surface area contributed by atoms with Crippen molar-refractivity contribution in [3.8, 4) is 5.75 Å². The predicted molar refractivity (Wildman–Crippen MR) is 90.9 cm³/mol. The Morgan fingerprint density at radius 1 is 1.22 bits per heavy atom. The van der Waals surface area contributed by atoms with Crippen molar-refractivity contribution in [2.45, 2.75) is 63.9 Å². The number of hydrogen-bond acceptors (Lipinski definition) is 2. The van der Waals surface area contributed by atoms with Crippen molar-refractivity contribution in [1.82, 2.24) is 0 Å². The minimum absolute atomic E-state index is 0.341. The van der Waals surface area contributed by atoms with Gasteiger partial charge in [0.25, 0.3) is 0 Å². The fourth-order valence-corrected chi connectivity index (χ4v) is 5.99. The van der Waals surface area contributed by atoms with E-state index in [1.54, 1.807) is 11.1 Å². The summed E-state index contributed by atoms with van der Waals surface area (Å²) in [6.07, 6.45) is 10.3. The molecule has 1 heterocycles. The molecule has 0 N–H and O–H groups in total. The highest BCUT2D eigenvalue weighted by Crippen LogP contribution is 2.60. The van der Waals surface area contributed by atoms with Crippen LogP contribution in [0.25, 0.3) is 0 Å².